The summed E-state index contributed by atoms with van der Waals surface area (Å²) in [6, 6.07) is 10.3. The van der Waals surface area contributed by atoms with Crippen molar-refractivity contribution < 1.29 is 13.2 Å². The van der Waals surface area contributed by atoms with Crippen molar-refractivity contribution in [2.75, 3.05) is 43.4 Å². The molecule has 24 heavy (non-hydrogen) atoms. The van der Waals surface area contributed by atoms with Gasteiger partial charge in [-0.3, -0.25) is 9.69 Å². The van der Waals surface area contributed by atoms with E-state index in [2.05, 4.69) is 17.0 Å². The van der Waals surface area contributed by atoms with Gasteiger partial charge in [0.25, 0.3) is 0 Å². The number of thioether (sulfide) groups is 1. The molecule has 3 rings (SSSR count). The normalized spacial score (nSPS) is 24.2. The first-order valence-corrected chi connectivity index (χ1v) is 11.3. The quantitative estimate of drug-likeness (QED) is 0.783. The summed E-state index contributed by atoms with van der Waals surface area (Å²) in [5.41, 5.74) is 1.24. The predicted octanol–water partition coefficient (Wildman–Crippen LogP) is 1.25. The summed E-state index contributed by atoms with van der Waals surface area (Å²) in [5, 5.41) is 0. The van der Waals surface area contributed by atoms with Crippen molar-refractivity contribution in [2.45, 2.75) is 18.2 Å². The molecule has 0 saturated carbocycles. The maximum atomic E-state index is 12.3. The van der Waals surface area contributed by atoms with E-state index in [9.17, 15) is 13.2 Å². The molecule has 0 aliphatic carbocycles. The Labute approximate surface area is 148 Å². The number of carbonyl (C=O) groups is 1. The lowest BCUT2D eigenvalue weighted by molar-refractivity contribution is -0.130. The van der Waals surface area contributed by atoms with E-state index >= 15 is 0 Å². The minimum Gasteiger partial charge on any atom is -0.339 e. The summed E-state index contributed by atoms with van der Waals surface area (Å²) >= 11 is 1.65. The fourth-order valence-corrected chi connectivity index (χ4v) is 5.97. The van der Waals surface area contributed by atoms with Crippen molar-refractivity contribution in [3.63, 3.8) is 0 Å². The maximum Gasteiger partial charge on any atom is 0.232 e. The van der Waals surface area contributed by atoms with Crippen molar-refractivity contribution in [2.24, 2.45) is 0 Å². The van der Waals surface area contributed by atoms with Crippen molar-refractivity contribution in [3.05, 3.63) is 35.9 Å². The molecule has 0 unspecified atom stereocenters. The van der Waals surface area contributed by atoms with E-state index in [-0.39, 0.29) is 17.7 Å². The standard InChI is InChI=1S/C17H24N2O3S2/c20-17(13-23-12-15-4-2-1-3-5-15)19-9-7-18(8-10-19)16-6-11-24(21,22)14-16/h1-5,16H,6-14H2/t16-/m0/s1. The molecule has 1 atom stereocenters. The van der Waals surface area contributed by atoms with Crippen LogP contribution in [-0.4, -0.2) is 73.6 Å². The van der Waals surface area contributed by atoms with Gasteiger partial charge in [0.15, 0.2) is 9.84 Å². The second kappa shape index (κ2) is 7.89. The molecule has 7 heteroatoms. The van der Waals surface area contributed by atoms with E-state index in [1.54, 1.807) is 11.8 Å². The van der Waals surface area contributed by atoms with Crippen LogP contribution in [0.5, 0.6) is 0 Å². The van der Waals surface area contributed by atoms with E-state index in [0.29, 0.717) is 24.6 Å². The number of rotatable bonds is 5. The van der Waals surface area contributed by atoms with Crippen LogP contribution >= 0.6 is 11.8 Å². The highest BCUT2D eigenvalue weighted by atomic mass is 32.2. The number of benzene rings is 1. The lowest BCUT2D eigenvalue weighted by atomic mass is 10.2. The molecule has 0 aromatic heterocycles. The van der Waals surface area contributed by atoms with E-state index in [1.807, 2.05) is 23.1 Å². The van der Waals surface area contributed by atoms with E-state index in [4.69, 9.17) is 0 Å². The highest BCUT2D eigenvalue weighted by Gasteiger charge is 2.34. The Morgan fingerprint density at radius 2 is 1.83 bits per heavy atom. The third-order valence-electron chi connectivity index (χ3n) is 4.73. The topological polar surface area (TPSA) is 57.7 Å². The fourth-order valence-electron chi connectivity index (χ4n) is 3.32. The van der Waals surface area contributed by atoms with Crippen molar-refractivity contribution in [1.29, 1.82) is 0 Å². The van der Waals surface area contributed by atoms with Gasteiger partial charge in [-0.2, -0.15) is 0 Å². The third-order valence-corrected chi connectivity index (χ3v) is 7.47. The van der Waals surface area contributed by atoms with Gasteiger partial charge < -0.3 is 4.90 Å². The second-order valence-corrected chi connectivity index (χ2v) is 9.67. The summed E-state index contributed by atoms with van der Waals surface area (Å²) in [4.78, 5) is 16.5. The zero-order chi connectivity index (χ0) is 17.0. The first kappa shape index (κ1) is 17.8. The van der Waals surface area contributed by atoms with Crippen molar-refractivity contribution in [3.8, 4) is 0 Å². The number of carbonyl (C=O) groups excluding carboxylic acids is 1. The Bertz CT molecular complexity index is 656. The lowest BCUT2D eigenvalue weighted by Gasteiger charge is -2.37. The zero-order valence-corrected chi connectivity index (χ0v) is 15.4. The molecule has 2 aliphatic rings. The van der Waals surface area contributed by atoms with Crippen LogP contribution in [0.15, 0.2) is 30.3 Å². The molecule has 0 bridgehead atoms. The van der Waals surface area contributed by atoms with Gasteiger partial charge >= 0.3 is 0 Å². The average Bonchev–Trinajstić information content (AvgIpc) is 2.96. The molecule has 0 N–H and O–H groups in total. The summed E-state index contributed by atoms with van der Waals surface area (Å²) in [5.74, 6) is 2.15. The molecule has 0 radical (unpaired) electrons. The molecule has 2 saturated heterocycles. The Balaban J connectivity index is 1.39. The van der Waals surface area contributed by atoms with Crippen molar-refractivity contribution in [1.82, 2.24) is 9.80 Å². The molecule has 2 heterocycles. The van der Waals surface area contributed by atoms with Crippen LogP contribution in [0.2, 0.25) is 0 Å². The highest BCUT2D eigenvalue weighted by Crippen LogP contribution is 2.20. The predicted molar refractivity (Wildman–Crippen MR) is 97.8 cm³/mol. The number of nitrogens with zero attached hydrogens (tertiary/aromatic N) is 2. The SMILES string of the molecule is O=C(CSCc1ccccc1)N1CCN([C@H]2CCS(=O)(=O)C2)CC1. The van der Waals surface area contributed by atoms with Gasteiger partial charge in [0.05, 0.1) is 17.3 Å². The minimum absolute atomic E-state index is 0.153. The summed E-state index contributed by atoms with van der Waals surface area (Å²) in [7, 11) is -2.84. The number of hydrogen-bond donors (Lipinski definition) is 0. The van der Waals surface area contributed by atoms with Gasteiger partial charge in [-0.25, -0.2) is 8.42 Å². The molecule has 2 aliphatic heterocycles. The maximum absolute atomic E-state index is 12.3. The Hall–Kier alpha value is -1.05. The smallest absolute Gasteiger partial charge is 0.232 e. The van der Waals surface area contributed by atoms with Gasteiger partial charge in [0.2, 0.25) is 5.91 Å². The van der Waals surface area contributed by atoms with Crippen LogP contribution in [0.25, 0.3) is 0 Å². The summed E-state index contributed by atoms with van der Waals surface area (Å²) < 4.78 is 23.2. The molecule has 5 nitrogen and oxygen atoms in total. The molecular weight excluding hydrogens is 344 g/mol. The second-order valence-electron chi connectivity index (χ2n) is 6.45. The van der Waals surface area contributed by atoms with Gasteiger partial charge in [-0.15, -0.1) is 11.8 Å². The Kier molecular flexibility index (Phi) is 5.84. The number of amides is 1. The monoisotopic (exact) mass is 368 g/mol. The largest absolute Gasteiger partial charge is 0.339 e. The van der Waals surface area contributed by atoms with E-state index in [1.165, 1.54) is 5.56 Å². The van der Waals surface area contributed by atoms with Gasteiger partial charge in [-0.05, 0) is 12.0 Å². The molecule has 2 fully saturated rings. The van der Waals surface area contributed by atoms with Crippen LogP contribution in [0.1, 0.15) is 12.0 Å². The first-order chi connectivity index (χ1) is 11.5. The molecule has 1 amide bonds. The lowest BCUT2D eigenvalue weighted by Crippen LogP contribution is -2.52. The van der Waals surface area contributed by atoms with Gasteiger partial charge in [0, 0.05) is 38.0 Å². The van der Waals surface area contributed by atoms with E-state index in [0.717, 1.165) is 25.3 Å². The Morgan fingerprint density at radius 3 is 2.46 bits per heavy atom. The first-order valence-electron chi connectivity index (χ1n) is 8.37. The van der Waals surface area contributed by atoms with Gasteiger partial charge in [0.1, 0.15) is 0 Å². The summed E-state index contributed by atoms with van der Waals surface area (Å²) in [6.45, 7) is 2.99. The third kappa shape index (κ3) is 4.74. The molecule has 1 aromatic carbocycles. The molecular formula is C17H24N2O3S2. The number of piperazine rings is 1. The fraction of sp³-hybridized carbons (Fsp3) is 0.588. The van der Waals surface area contributed by atoms with E-state index < -0.39 is 9.84 Å². The van der Waals surface area contributed by atoms with Crippen LogP contribution in [0, 0.1) is 0 Å². The summed E-state index contributed by atoms with van der Waals surface area (Å²) in [6.07, 6.45) is 0.739. The molecule has 132 valence electrons. The number of sulfone groups is 1. The van der Waals surface area contributed by atoms with Crippen LogP contribution < -0.4 is 0 Å². The average molecular weight is 369 g/mol. The highest BCUT2D eigenvalue weighted by molar-refractivity contribution is 7.99. The Morgan fingerprint density at radius 1 is 1.12 bits per heavy atom. The van der Waals surface area contributed by atoms with Crippen molar-refractivity contribution >= 4 is 27.5 Å². The van der Waals surface area contributed by atoms with Crippen LogP contribution in [0.4, 0.5) is 0 Å². The minimum atomic E-state index is -2.84. The molecule has 0 spiro atoms. The number of hydrogen-bond acceptors (Lipinski definition) is 5. The molecule has 1 aromatic rings. The van der Waals surface area contributed by atoms with Crippen LogP contribution in [-0.2, 0) is 20.4 Å². The van der Waals surface area contributed by atoms with Crippen LogP contribution in [0.3, 0.4) is 0 Å². The van der Waals surface area contributed by atoms with Gasteiger partial charge in [-0.1, -0.05) is 30.3 Å². The zero-order valence-electron chi connectivity index (χ0n) is 13.8.